The number of hydrogen-bond acceptors (Lipinski definition) is 3. The highest BCUT2D eigenvalue weighted by molar-refractivity contribution is 8.00. The largest absolute Gasteiger partial charge is 0.323 e. The second-order valence-electron chi connectivity index (χ2n) is 4.11. The standard InChI is InChI=1S/C11H19N3S/c1-2-5-14-8-9(7-13-14)11(12)10-4-3-6-15-10/h7-8,10-11H,2-6,12H2,1H3. The highest BCUT2D eigenvalue weighted by Gasteiger charge is 2.24. The van der Waals surface area contributed by atoms with Crippen LogP contribution in [-0.2, 0) is 6.54 Å². The number of nitrogens with zero attached hydrogens (tertiary/aromatic N) is 2. The van der Waals surface area contributed by atoms with Crippen molar-refractivity contribution in [3.05, 3.63) is 18.0 Å². The number of nitrogens with two attached hydrogens (primary N) is 1. The van der Waals surface area contributed by atoms with Crippen LogP contribution < -0.4 is 5.73 Å². The third-order valence-corrected chi connectivity index (χ3v) is 4.34. The van der Waals surface area contributed by atoms with E-state index >= 15 is 0 Å². The van der Waals surface area contributed by atoms with E-state index in [0.717, 1.165) is 13.0 Å². The smallest absolute Gasteiger partial charge is 0.0537 e. The minimum absolute atomic E-state index is 0.170. The maximum absolute atomic E-state index is 6.24. The molecule has 1 saturated heterocycles. The fourth-order valence-electron chi connectivity index (χ4n) is 2.00. The van der Waals surface area contributed by atoms with E-state index in [-0.39, 0.29) is 6.04 Å². The number of aromatic nitrogens is 2. The molecule has 2 N–H and O–H groups in total. The first kappa shape index (κ1) is 11.0. The first-order valence-electron chi connectivity index (χ1n) is 5.71. The molecule has 0 radical (unpaired) electrons. The van der Waals surface area contributed by atoms with Crippen LogP contribution in [0.3, 0.4) is 0 Å². The summed E-state index contributed by atoms with van der Waals surface area (Å²) in [5.41, 5.74) is 7.43. The van der Waals surface area contributed by atoms with E-state index in [4.69, 9.17) is 5.73 Å². The van der Waals surface area contributed by atoms with Gasteiger partial charge in [-0.25, -0.2) is 0 Å². The Hall–Kier alpha value is -0.480. The van der Waals surface area contributed by atoms with Crippen LogP contribution in [-0.4, -0.2) is 20.8 Å². The molecule has 0 aliphatic carbocycles. The lowest BCUT2D eigenvalue weighted by atomic mass is 10.1. The van der Waals surface area contributed by atoms with Gasteiger partial charge in [0.05, 0.1) is 6.20 Å². The molecular formula is C11H19N3S. The van der Waals surface area contributed by atoms with E-state index in [9.17, 15) is 0 Å². The van der Waals surface area contributed by atoms with Crippen LogP contribution in [0.1, 0.15) is 37.8 Å². The van der Waals surface area contributed by atoms with E-state index in [1.807, 2.05) is 22.6 Å². The average Bonchev–Trinajstić information content (AvgIpc) is 2.87. The van der Waals surface area contributed by atoms with Gasteiger partial charge < -0.3 is 5.73 Å². The van der Waals surface area contributed by atoms with Gasteiger partial charge in [-0.2, -0.15) is 16.9 Å². The van der Waals surface area contributed by atoms with Gasteiger partial charge in [-0.15, -0.1) is 0 Å². The third kappa shape index (κ3) is 2.55. The first-order valence-corrected chi connectivity index (χ1v) is 6.75. The number of aryl methyl sites for hydroxylation is 1. The molecule has 2 unspecified atom stereocenters. The van der Waals surface area contributed by atoms with Gasteiger partial charge in [-0.3, -0.25) is 4.68 Å². The summed E-state index contributed by atoms with van der Waals surface area (Å²) in [6, 6.07) is 0.170. The molecule has 0 saturated carbocycles. The fraction of sp³-hybridized carbons (Fsp3) is 0.727. The van der Waals surface area contributed by atoms with Crippen LogP contribution in [0.2, 0.25) is 0 Å². The van der Waals surface area contributed by atoms with Gasteiger partial charge >= 0.3 is 0 Å². The van der Waals surface area contributed by atoms with E-state index in [1.54, 1.807) is 0 Å². The Labute approximate surface area is 95.4 Å². The molecule has 0 aromatic carbocycles. The number of rotatable bonds is 4. The zero-order valence-corrected chi connectivity index (χ0v) is 10.0. The molecule has 1 aliphatic heterocycles. The summed E-state index contributed by atoms with van der Waals surface area (Å²) in [6.45, 7) is 3.15. The zero-order chi connectivity index (χ0) is 10.7. The van der Waals surface area contributed by atoms with Gasteiger partial charge in [-0.1, -0.05) is 6.92 Å². The molecule has 0 bridgehead atoms. The van der Waals surface area contributed by atoms with Crippen molar-refractivity contribution in [2.75, 3.05) is 5.75 Å². The Kier molecular flexibility index (Phi) is 3.70. The minimum Gasteiger partial charge on any atom is -0.323 e. The lowest BCUT2D eigenvalue weighted by Gasteiger charge is -2.16. The molecule has 84 valence electrons. The minimum atomic E-state index is 0.170. The molecule has 1 fully saturated rings. The fourth-order valence-corrected chi connectivity index (χ4v) is 3.34. The second kappa shape index (κ2) is 5.03. The predicted octanol–water partition coefficient (Wildman–Crippen LogP) is 2.19. The number of hydrogen-bond donors (Lipinski definition) is 1. The molecule has 4 heteroatoms. The first-order chi connectivity index (χ1) is 7.31. The van der Waals surface area contributed by atoms with Gasteiger partial charge in [-0.05, 0) is 25.0 Å². The topological polar surface area (TPSA) is 43.8 Å². The van der Waals surface area contributed by atoms with Crippen molar-refractivity contribution in [1.29, 1.82) is 0 Å². The Balaban J connectivity index is 2.00. The van der Waals surface area contributed by atoms with Crippen molar-refractivity contribution in [3.63, 3.8) is 0 Å². The SMILES string of the molecule is CCCn1cc(C(N)C2CCCS2)cn1. The average molecular weight is 225 g/mol. The van der Waals surface area contributed by atoms with Crippen LogP contribution >= 0.6 is 11.8 Å². The predicted molar refractivity (Wildman–Crippen MR) is 64.9 cm³/mol. The van der Waals surface area contributed by atoms with Gasteiger partial charge in [0, 0.05) is 29.6 Å². The van der Waals surface area contributed by atoms with Crippen molar-refractivity contribution in [1.82, 2.24) is 9.78 Å². The van der Waals surface area contributed by atoms with Crippen LogP contribution in [0.4, 0.5) is 0 Å². The summed E-state index contributed by atoms with van der Waals surface area (Å²) in [4.78, 5) is 0. The molecule has 1 aliphatic rings. The molecule has 1 aromatic heterocycles. The van der Waals surface area contributed by atoms with Crippen LogP contribution in [0.15, 0.2) is 12.4 Å². The summed E-state index contributed by atoms with van der Waals surface area (Å²) in [5, 5.41) is 4.93. The van der Waals surface area contributed by atoms with Crippen LogP contribution in [0.25, 0.3) is 0 Å². The van der Waals surface area contributed by atoms with Crippen molar-refractivity contribution in [2.45, 2.75) is 44.0 Å². The van der Waals surface area contributed by atoms with Gasteiger partial charge in [0.1, 0.15) is 0 Å². The normalized spacial score (nSPS) is 23.2. The summed E-state index contributed by atoms with van der Waals surface area (Å²) < 4.78 is 1.99. The molecule has 2 atom stereocenters. The monoisotopic (exact) mass is 225 g/mol. The number of thioether (sulfide) groups is 1. The van der Waals surface area contributed by atoms with Crippen LogP contribution in [0, 0.1) is 0 Å². The Bertz CT molecular complexity index is 305. The highest BCUT2D eigenvalue weighted by Crippen LogP contribution is 2.34. The quantitative estimate of drug-likeness (QED) is 0.854. The molecule has 2 rings (SSSR count). The maximum atomic E-state index is 6.24. The second-order valence-corrected chi connectivity index (χ2v) is 5.46. The lowest BCUT2D eigenvalue weighted by Crippen LogP contribution is -2.21. The van der Waals surface area contributed by atoms with E-state index < -0.39 is 0 Å². The third-order valence-electron chi connectivity index (χ3n) is 2.86. The zero-order valence-electron chi connectivity index (χ0n) is 9.22. The van der Waals surface area contributed by atoms with Crippen molar-refractivity contribution in [3.8, 4) is 0 Å². The van der Waals surface area contributed by atoms with E-state index in [1.165, 1.54) is 24.2 Å². The van der Waals surface area contributed by atoms with Crippen molar-refractivity contribution in [2.24, 2.45) is 5.73 Å². The van der Waals surface area contributed by atoms with Crippen molar-refractivity contribution >= 4 is 11.8 Å². The Morgan fingerprint density at radius 2 is 2.60 bits per heavy atom. The highest BCUT2D eigenvalue weighted by atomic mass is 32.2. The molecule has 15 heavy (non-hydrogen) atoms. The molecule has 3 nitrogen and oxygen atoms in total. The molecular weight excluding hydrogens is 206 g/mol. The van der Waals surface area contributed by atoms with Gasteiger partial charge in [0.2, 0.25) is 0 Å². The molecule has 0 spiro atoms. The van der Waals surface area contributed by atoms with Gasteiger partial charge in [0.25, 0.3) is 0 Å². The summed E-state index contributed by atoms with van der Waals surface area (Å²) in [6.07, 6.45) is 7.72. The van der Waals surface area contributed by atoms with Crippen LogP contribution in [0.5, 0.6) is 0 Å². The summed E-state index contributed by atoms with van der Waals surface area (Å²) in [5.74, 6) is 1.27. The van der Waals surface area contributed by atoms with E-state index in [2.05, 4.69) is 18.2 Å². The summed E-state index contributed by atoms with van der Waals surface area (Å²) >= 11 is 2.01. The summed E-state index contributed by atoms with van der Waals surface area (Å²) in [7, 11) is 0. The molecule has 0 amide bonds. The molecule has 2 heterocycles. The van der Waals surface area contributed by atoms with Gasteiger partial charge in [0.15, 0.2) is 0 Å². The Morgan fingerprint density at radius 1 is 1.73 bits per heavy atom. The van der Waals surface area contributed by atoms with E-state index in [0.29, 0.717) is 5.25 Å². The maximum Gasteiger partial charge on any atom is 0.0537 e. The Morgan fingerprint density at radius 3 is 3.27 bits per heavy atom. The van der Waals surface area contributed by atoms with Crippen molar-refractivity contribution < 1.29 is 0 Å². The molecule has 1 aromatic rings. The lowest BCUT2D eigenvalue weighted by molar-refractivity contribution is 0.599.